The topological polar surface area (TPSA) is 63.6 Å². The third kappa shape index (κ3) is 2.83. The summed E-state index contributed by atoms with van der Waals surface area (Å²) in [5.41, 5.74) is 1.53. The van der Waals surface area contributed by atoms with Crippen LogP contribution in [0.4, 0.5) is 0 Å². The number of ether oxygens (including phenoxy) is 1. The summed E-state index contributed by atoms with van der Waals surface area (Å²) in [6.07, 6.45) is 8.59. The Morgan fingerprint density at radius 2 is 1.88 bits per heavy atom. The van der Waals surface area contributed by atoms with Gasteiger partial charge in [0.05, 0.1) is 12.7 Å². The molecule has 3 atom stereocenters. The van der Waals surface area contributed by atoms with Crippen LogP contribution in [0.3, 0.4) is 0 Å². The van der Waals surface area contributed by atoms with Gasteiger partial charge in [0, 0.05) is 6.08 Å². The van der Waals surface area contributed by atoms with Crippen LogP contribution in [-0.4, -0.2) is 23.8 Å². The minimum absolute atomic E-state index is 0.00575. The van der Waals surface area contributed by atoms with Gasteiger partial charge in [-0.3, -0.25) is 9.59 Å². The minimum atomic E-state index is -0.567. The van der Waals surface area contributed by atoms with E-state index in [0.29, 0.717) is 11.8 Å². The number of ketones is 2. The number of methoxy groups -OCH3 is 1. The number of hydrogen-bond acceptors (Lipinski definition) is 4. The van der Waals surface area contributed by atoms with Crippen molar-refractivity contribution in [3.05, 3.63) is 34.8 Å². The molecule has 0 heterocycles. The molecule has 0 aromatic heterocycles. The fourth-order valence-corrected chi connectivity index (χ4v) is 5.69. The highest BCUT2D eigenvalue weighted by atomic mass is 16.5. The molecular formula is C22H30O4. The Morgan fingerprint density at radius 1 is 1.19 bits per heavy atom. The molecule has 4 heteroatoms. The lowest BCUT2D eigenvalue weighted by Gasteiger charge is -2.56. The van der Waals surface area contributed by atoms with Gasteiger partial charge in [0.25, 0.3) is 0 Å². The molecule has 2 fully saturated rings. The summed E-state index contributed by atoms with van der Waals surface area (Å²) in [5.74, 6) is -0.580. The van der Waals surface area contributed by atoms with Gasteiger partial charge in [0.1, 0.15) is 0 Å². The Balaban J connectivity index is 2.10. The van der Waals surface area contributed by atoms with Crippen LogP contribution < -0.4 is 0 Å². The number of Topliss-reactive ketones (excluding diaryl/α,β-unsaturated/α-hetero) is 1. The van der Waals surface area contributed by atoms with E-state index in [1.54, 1.807) is 6.08 Å². The molecule has 0 spiro atoms. The van der Waals surface area contributed by atoms with Crippen LogP contribution in [0.1, 0.15) is 59.8 Å². The molecule has 0 radical (unpaired) electrons. The van der Waals surface area contributed by atoms with Crippen molar-refractivity contribution in [3.8, 4) is 0 Å². The van der Waals surface area contributed by atoms with Crippen LogP contribution in [-0.2, 0) is 14.3 Å². The highest BCUT2D eigenvalue weighted by Crippen LogP contribution is 2.61. The summed E-state index contributed by atoms with van der Waals surface area (Å²) in [6.45, 7) is 9.19. The Morgan fingerprint density at radius 3 is 2.54 bits per heavy atom. The second kappa shape index (κ2) is 6.40. The van der Waals surface area contributed by atoms with E-state index >= 15 is 0 Å². The first-order valence-corrected chi connectivity index (χ1v) is 9.62. The van der Waals surface area contributed by atoms with Gasteiger partial charge in [0.15, 0.2) is 11.5 Å². The smallest absolute Gasteiger partial charge is 0.231 e. The number of rotatable bonds is 2. The van der Waals surface area contributed by atoms with Crippen LogP contribution in [0.25, 0.3) is 0 Å². The largest absolute Gasteiger partial charge is 0.504 e. The molecule has 0 amide bonds. The van der Waals surface area contributed by atoms with Crippen molar-refractivity contribution in [1.82, 2.24) is 0 Å². The highest BCUT2D eigenvalue weighted by Gasteiger charge is 2.51. The number of hydrogen-bond donors (Lipinski definition) is 1. The second-order valence-electron chi connectivity index (χ2n) is 9.06. The predicted molar refractivity (Wildman–Crippen MR) is 100 cm³/mol. The molecule has 2 saturated carbocycles. The third-order valence-electron chi connectivity index (χ3n) is 7.05. The molecule has 142 valence electrons. The normalized spacial score (nSPS) is 36.0. The summed E-state index contributed by atoms with van der Waals surface area (Å²) in [6, 6.07) is 0. The average molecular weight is 358 g/mol. The maximum Gasteiger partial charge on any atom is 0.231 e. The van der Waals surface area contributed by atoms with Gasteiger partial charge in [-0.05, 0) is 54.4 Å². The second-order valence-corrected chi connectivity index (χ2v) is 9.06. The molecule has 26 heavy (non-hydrogen) atoms. The first kappa shape index (κ1) is 18.9. The molecule has 3 rings (SSSR count). The first-order valence-electron chi connectivity index (χ1n) is 9.62. The monoisotopic (exact) mass is 358 g/mol. The Kier molecular flexibility index (Phi) is 4.66. The van der Waals surface area contributed by atoms with Crippen LogP contribution >= 0.6 is 0 Å². The molecule has 3 aliphatic carbocycles. The number of fused-ring (bicyclic) bond motifs is 1. The van der Waals surface area contributed by atoms with Crippen molar-refractivity contribution >= 4 is 11.6 Å². The first-order chi connectivity index (χ1) is 12.1. The van der Waals surface area contributed by atoms with Crippen LogP contribution in [0.5, 0.6) is 0 Å². The van der Waals surface area contributed by atoms with Crippen LogP contribution in [0.2, 0.25) is 0 Å². The third-order valence-corrected chi connectivity index (χ3v) is 7.05. The van der Waals surface area contributed by atoms with E-state index in [-0.39, 0.29) is 22.2 Å². The molecule has 1 N–H and O–H groups in total. The summed E-state index contributed by atoms with van der Waals surface area (Å²) < 4.78 is 5.05. The van der Waals surface area contributed by atoms with E-state index in [9.17, 15) is 14.7 Å². The zero-order valence-electron chi connectivity index (χ0n) is 16.5. The van der Waals surface area contributed by atoms with Crippen molar-refractivity contribution in [3.63, 3.8) is 0 Å². The lowest BCUT2D eigenvalue weighted by Crippen LogP contribution is -2.47. The number of aliphatic hydroxyl groups is 1. The molecule has 3 unspecified atom stereocenters. The molecule has 0 bridgehead atoms. The maximum atomic E-state index is 12.7. The van der Waals surface area contributed by atoms with Crippen molar-refractivity contribution in [2.45, 2.75) is 59.8 Å². The summed E-state index contributed by atoms with van der Waals surface area (Å²) in [4.78, 5) is 24.7. The maximum absolute atomic E-state index is 12.7. The predicted octanol–water partition coefficient (Wildman–Crippen LogP) is 4.67. The van der Waals surface area contributed by atoms with E-state index < -0.39 is 17.3 Å². The van der Waals surface area contributed by atoms with E-state index in [4.69, 9.17) is 4.74 Å². The lowest BCUT2D eigenvalue weighted by molar-refractivity contribution is -0.119. The van der Waals surface area contributed by atoms with E-state index in [0.717, 1.165) is 25.3 Å². The summed E-state index contributed by atoms with van der Waals surface area (Å²) in [7, 11) is 1.37. The van der Waals surface area contributed by atoms with Gasteiger partial charge in [0.2, 0.25) is 11.6 Å². The zero-order chi connectivity index (χ0) is 19.3. The number of carbonyl (C=O) groups excluding carboxylic acids is 2. The fraction of sp³-hybridized carbons (Fsp3) is 0.636. The van der Waals surface area contributed by atoms with Crippen LogP contribution in [0.15, 0.2) is 34.8 Å². The minimum Gasteiger partial charge on any atom is -0.504 e. The Labute approximate surface area is 156 Å². The van der Waals surface area contributed by atoms with Gasteiger partial charge in [-0.2, -0.15) is 0 Å². The van der Waals surface area contributed by atoms with Gasteiger partial charge >= 0.3 is 0 Å². The van der Waals surface area contributed by atoms with E-state index in [1.807, 2.05) is 0 Å². The summed E-state index contributed by atoms with van der Waals surface area (Å²) in [5, 5.41) is 10.3. The highest BCUT2D eigenvalue weighted by molar-refractivity contribution is 6.22. The van der Waals surface area contributed by atoms with Gasteiger partial charge in [-0.1, -0.05) is 39.7 Å². The quantitative estimate of drug-likeness (QED) is 0.729. The fourth-order valence-electron chi connectivity index (χ4n) is 5.69. The SMILES string of the molecule is COC1=CC(=O)C(O)=C(C=C2C(C)CCC3C(C)(C)CCCC23C)C1=O. The summed E-state index contributed by atoms with van der Waals surface area (Å²) >= 11 is 0. The molecule has 0 aromatic rings. The van der Waals surface area contributed by atoms with Crippen molar-refractivity contribution in [2.24, 2.45) is 22.7 Å². The van der Waals surface area contributed by atoms with E-state index in [1.165, 1.54) is 25.5 Å². The molecular weight excluding hydrogens is 328 g/mol. The van der Waals surface area contributed by atoms with Crippen molar-refractivity contribution in [2.75, 3.05) is 7.11 Å². The number of allylic oxidation sites excluding steroid dienone is 4. The lowest BCUT2D eigenvalue weighted by atomic mass is 9.48. The van der Waals surface area contributed by atoms with E-state index in [2.05, 4.69) is 27.7 Å². The molecule has 0 aromatic carbocycles. The van der Waals surface area contributed by atoms with Gasteiger partial charge in [-0.15, -0.1) is 0 Å². The molecule has 3 aliphatic rings. The number of aliphatic hydroxyl groups excluding tert-OH is 1. The molecule has 4 nitrogen and oxygen atoms in total. The standard InChI is InChI=1S/C22H30O4/c1-13-7-8-18-21(2,3)9-6-10-22(18,4)15(13)11-14-19(24)16(23)12-17(26-5)20(14)25/h11-13,18,24H,6-10H2,1-5H3. The molecule has 0 aliphatic heterocycles. The van der Waals surface area contributed by atoms with Gasteiger partial charge in [-0.25, -0.2) is 0 Å². The van der Waals surface area contributed by atoms with Crippen molar-refractivity contribution < 1.29 is 19.4 Å². The van der Waals surface area contributed by atoms with Crippen LogP contribution in [0, 0.1) is 22.7 Å². The zero-order valence-corrected chi connectivity index (χ0v) is 16.5. The Hall–Kier alpha value is -1.84. The average Bonchev–Trinajstić information content (AvgIpc) is 2.56. The molecule has 0 saturated heterocycles. The Bertz CT molecular complexity index is 737. The van der Waals surface area contributed by atoms with Crippen molar-refractivity contribution in [1.29, 1.82) is 0 Å². The van der Waals surface area contributed by atoms with Gasteiger partial charge < -0.3 is 9.84 Å². The number of carbonyl (C=O) groups is 2.